The average molecular weight is 316 g/mol. The van der Waals surface area contributed by atoms with Crippen molar-refractivity contribution in [2.45, 2.75) is 6.18 Å². The van der Waals surface area contributed by atoms with E-state index in [1.165, 1.54) is 12.1 Å². The van der Waals surface area contributed by atoms with E-state index in [4.69, 9.17) is 0 Å². The molecular formula is C14H6F6N2. The summed E-state index contributed by atoms with van der Waals surface area (Å²) >= 11 is 0. The Kier molecular flexibility index (Phi) is 3.12. The van der Waals surface area contributed by atoms with Crippen LogP contribution in [0.25, 0.3) is 22.4 Å². The van der Waals surface area contributed by atoms with Crippen LogP contribution in [-0.4, -0.2) is 9.97 Å². The first kappa shape index (κ1) is 14.4. The first-order valence-electron chi connectivity index (χ1n) is 5.99. The number of H-pyrrole nitrogens is 1. The lowest BCUT2D eigenvalue weighted by atomic mass is 10.0. The van der Waals surface area contributed by atoms with E-state index in [1.807, 2.05) is 0 Å². The van der Waals surface area contributed by atoms with Gasteiger partial charge in [-0.25, -0.2) is 18.2 Å². The van der Waals surface area contributed by atoms with E-state index in [0.717, 1.165) is 0 Å². The zero-order valence-electron chi connectivity index (χ0n) is 10.6. The highest BCUT2D eigenvalue weighted by molar-refractivity contribution is 5.80. The van der Waals surface area contributed by atoms with Crippen molar-refractivity contribution in [1.29, 1.82) is 0 Å². The minimum Gasteiger partial charge on any atom is -0.338 e. The maximum absolute atomic E-state index is 13.9. The maximum atomic E-state index is 13.9. The fraction of sp³-hybridized carbons (Fsp3) is 0.0714. The lowest BCUT2D eigenvalue weighted by Crippen LogP contribution is -2.12. The summed E-state index contributed by atoms with van der Waals surface area (Å²) in [5.41, 5.74) is -2.17. The number of alkyl halides is 3. The third-order valence-electron chi connectivity index (χ3n) is 3.09. The Morgan fingerprint density at radius 3 is 2.27 bits per heavy atom. The number of hydrogen-bond donors (Lipinski definition) is 1. The van der Waals surface area contributed by atoms with E-state index in [9.17, 15) is 26.3 Å². The van der Waals surface area contributed by atoms with Gasteiger partial charge in [-0.05, 0) is 18.2 Å². The van der Waals surface area contributed by atoms with E-state index < -0.39 is 40.6 Å². The molecule has 1 aromatic heterocycles. The van der Waals surface area contributed by atoms with Crippen LogP contribution in [-0.2, 0) is 6.18 Å². The highest BCUT2D eigenvalue weighted by Crippen LogP contribution is 2.39. The summed E-state index contributed by atoms with van der Waals surface area (Å²) in [7, 11) is 0. The number of nitrogens with one attached hydrogen (secondary N) is 1. The van der Waals surface area contributed by atoms with E-state index in [0.29, 0.717) is 5.52 Å². The van der Waals surface area contributed by atoms with Crippen molar-refractivity contribution in [2.75, 3.05) is 0 Å². The number of para-hydroxylation sites is 2. The van der Waals surface area contributed by atoms with Crippen molar-refractivity contribution in [3.63, 3.8) is 0 Å². The molecule has 0 atom stereocenters. The largest absolute Gasteiger partial charge is 0.417 e. The van der Waals surface area contributed by atoms with Gasteiger partial charge in [0.05, 0.1) is 22.2 Å². The van der Waals surface area contributed by atoms with E-state index in [1.54, 1.807) is 12.1 Å². The molecule has 2 nitrogen and oxygen atoms in total. The zero-order valence-corrected chi connectivity index (χ0v) is 10.6. The smallest absolute Gasteiger partial charge is 0.338 e. The fourth-order valence-electron chi connectivity index (χ4n) is 2.12. The van der Waals surface area contributed by atoms with Crippen LogP contribution >= 0.6 is 0 Å². The highest BCUT2D eigenvalue weighted by Gasteiger charge is 2.38. The van der Waals surface area contributed by atoms with Gasteiger partial charge in [-0.15, -0.1) is 0 Å². The first-order chi connectivity index (χ1) is 10.3. The van der Waals surface area contributed by atoms with E-state index in [-0.39, 0.29) is 11.6 Å². The van der Waals surface area contributed by atoms with E-state index >= 15 is 0 Å². The number of nitrogens with zero attached hydrogens (tertiary/aromatic N) is 1. The fourth-order valence-corrected chi connectivity index (χ4v) is 2.12. The van der Waals surface area contributed by atoms with Gasteiger partial charge in [0.2, 0.25) is 0 Å². The maximum Gasteiger partial charge on any atom is 0.417 e. The molecule has 0 saturated heterocycles. The van der Waals surface area contributed by atoms with Crippen molar-refractivity contribution < 1.29 is 26.3 Å². The second-order valence-electron chi connectivity index (χ2n) is 4.51. The van der Waals surface area contributed by atoms with Crippen molar-refractivity contribution >= 4 is 11.0 Å². The molecule has 1 heterocycles. The second kappa shape index (κ2) is 4.75. The molecule has 3 rings (SSSR count). The van der Waals surface area contributed by atoms with Gasteiger partial charge in [0.1, 0.15) is 5.82 Å². The molecule has 0 spiro atoms. The summed E-state index contributed by atoms with van der Waals surface area (Å²) in [4.78, 5) is 6.28. The average Bonchev–Trinajstić information content (AvgIpc) is 2.86. The Morgan fingerprint density at radius 2 is 1.64 bits per heavy atom. The molecule has 0 unspecified atom stereocenters. The lowest BCUT2D eigenvalue weighted by molar-refractivity contribution is -0.137. The minimum absolute atomic E-state index is 0.0824. The molecule has 0 amide bonds. The number of benzene rings is 2. The van der Waals surface area contributed by atoms with Gasteiger partial charge < -0.3 is 4.98 Å². The Balaban J connectivity index is 2.35. The molecule has 0 aliphatic carbocycles. The summed E-state index contributed by atoms with van der Waals surface area (Å²) < 4.78 is 79.3. The topological polar surface area (TPSA) is 28.7 Å². The zero-order chi connectivity index (χ0) is 16.1. The van der Waals surface area contributed by atoms with Crippen molar-refractivity contribution in [1.82, 2.24) is 9.97 Å². The van der Waals surface area contributed by atoms with Crippen LogP contribution in [0.2, 0.25) is 0 Å². The van der Waals surface area contributed by atoms with Crippen molar-refractivity contribution in [3.8, 4) is 11.4 Å². The number of hydrogen-bond acceptors (Lipinski definition) is 1. The molecule has 0 radical (unpaired) electrons. The third kappa shape index (κ3) is 2.20. The normalized spacial score (nSPS) is 12.1. The van der Waals surface area contributed by atoms with Crippen LogP contribution in [0.15, 0.2) is 30.3 Å². The molecule has 114 valence electrons. The number of aromatic nitrogens is 2. The molecule has 0 saturated carbocycles. The number of rotatable bonds is 1. The Bertz CT molecular complexity index is 833. The van der Waals surface area contributed by atoms with Gasteiger partial charge in [0.25, 0.3) is 0 Å². The standard InChI is InChI=1S/C14H6F6N2/c15-7-5-6(14(18,19)20)10(12(17)11(7)16)13-21-8-3-1-2-4-9(8)22-13/h1-5H,(H,21,22). The molecule has 0 aliphatic rings. The van der Waals surface area contributed by atoms with Crippen LogP contribution in [0.3, 0.4) is 0 Å². The molecule has 8 heteroatoms. The summed E-state index contributed by atoms with van der Waals surface area (Å²) in [6.07, 6.45) is -5.07. The quantitative estimate of drug-likeness (QED) is 0.513. The highest BCUT2D eigenvalue weighted by atomic mass is 19.4. The van der Waals surface area contributed by atoms with Gasteiger partial charge in [0, 0.05) is 0 Å². The predicted molar refractivity (Wildman–Crippen MR) is 66.4 cm³/mol. The molecule has 22 heavy (non-hydrogen) atoms. The molecule has 0 aliphatic heterocycles. The third-order valence-corrected chi connectivity index (χ3v) is 3.09. The van der Waals surface area contributed by atoms with Crippen molar-refractivity contribution in [3.05, 3.63) is 53.3 Å². The Morgan fingerprint density at radius 1 is 0.955 bits per heavy atom. The van der Waals surface area contributed by atoms with E-state index in [2.05, 4.69) is 9.97 Å². The molecule has 0 bridgehead atoms. The summed E-state index contributed by atoms with van der Waals surface area (Å²) in [6.45, 7) is 0. The molecule has 2 aromatic carbocycles. The van der Waals surface area contributed by atoms with Crippen molar-refractivity contribution in [2.24, 2.45) is 0 Å². The molecule has 0 fully saturated rings. The Hall–Kier alpha value is -2.51. The van der Waals surface area contributed by atoms with Gasteiger partial charge >= 0.3 is 6.18 Å². The van der Waals surface area contributed by atoms with Gasteiger partial charge in [-0.1, -0.05) is 12.1 Å². The predicted octanol–water partition coefficient (Wildman–Crippen LogP) is 4.67. The van der Waals surface area contributed by atoms with Crippen LogP contribution < -0.4 is 0 Å². The van der Waals surface area contributed by atoms with Crippen LogP contribution in [0.5, 0.6) is 0 Å². The summed E-state index contributed by atoms with van der Waals surface area (Å²) in [6, 6.07) is 6.09. The number of halogens is 6. The van der Waals surface area contributed by atoms with Crippen LogP contribution in [0, 0.1) is 17.5 Å². The summed E-state index contributed by atoms with van der Waals surface area (Å²) in [5, 5.41) is 0. The number of aromatic amines is 1. The monoisotopic (exact) mass is 316 g/mol. The summed E-state index contributed by atoms with van der Waals surface area (Å²) in [5.74, 6) is -6.36. The second-order valence-corrected chi connectivity index (χ2v) is 4.51. The minimum atomic E-state index is -5.07. The van der Waals surface area contributed by atoms with Crippen LogP contribution in [0.4, 0.5) is 26.3 Å². The van der Waals surface area contributed by atoms with Gasteiger partial charge in [0.15, 0.2) is 17.5 Å². The van der Waals surface area contributed by atoms with Gasteiger partial charge in [-0.2, -0.15) is 13.2 Å². The lowest BCUT2D eigenvalue weighted by Gasteiger charge is -2.13. The van der Waals surface area contributed by atoms with Crippen LogP contribution in [0.1, 0.15) is 5.56 Å². The molecule has 1 N–H and O–H groups in total. The molecular weight excluding hydrogens is 310 g/mol. The number of imidazole rings is 1. The molecule has 3 aromatic rings. The van der Waals surface area contributed by atoms with Gasteiger partial charge in [-0.3, -0.25) is 0 Å². The Labute approximate surface area is 119 Å². The first-order valence-corrected chi connectivity index (χ1v) is 5.99. The number of fused-ring (bicyclic) bond motifs is 1. The SMILES string of the molecule is Fc1cc(C(F)(F)F)c(-c2nc3ccccc3[nH]2)c(F)c1F.